The molecule has 1 aromatic heterocycles. The maximum Gasteiger partial charge on any atom is 0.150 e. The zero-order valence-electron chi connectivity index (χ0n) is 7.78. The first-order chi connectivity index (χ1) is 6.74. The zero-order valence-corrected chi connectivity index (χ0v) is 9.49. The van der Waals surface area contributed by atoms with Gasteiger partial charge in [0.25, 0.3) is 0 Å². The van der Waals surface area contributed by atoms with Crippen molar-refractivity contribution in [3.63, 3.8) is 0 Å². The number of benzene rings is 1. The van der Waals surface area contributed by atoms with Gasteiger partial charge in [0.2, 0.25) is 0 Å². The Morgan fingerprint density at radius 2 is 2.21 bits per heavy atom. The minimum atomic E-state index is 0.697. The largest absolute Gasteiger partial charge is 0.298 e. The molecule has 72 valence electrons. The van der Waals surface area contributed by atoms with Crippen LogP contribution in [-0.2, 0) is 6.42 Å². The highest BCUT2D eigenvalue weighted by molar-refractivity contribution is 7.80. The molecular weight excluding hydrogens is 212 g/mol. The third kappa shape index (κ3) is 1.57. The van der Waals surface area contributed by atoms with E-state index in [1.807, 2.05) is 12.1 Å². The molecule has 14 heavy (non-hydrogen) atoms. The maximum absolute atomic E-state index is 10.6. The zero-order chi connectivity index (χ0) is 10.1. The van der Waals surface area contributed by atoms with E-state index in [9.17, 15) is 4.79 Å². The SMILES string of the molecule is CCc1cc2cc(C=O)cc(S)c2s1. The molecule has 2 aromatic rings. The molecule has 1 heterocycles. The van der Waals surface area contributed by atoms with Crippen LogP contribution < -0.4 is 0 Å². The molecule has 0 bridgehead atoms. The Morgan fingerprint density at radius 1 is 1.43 bits per heavy atom. The third-order valence-electron chi connectivity index (χ3n) is 2.15. The number of carbonyl (C=O) groups excluding carboxylic acids is 1. The van der Waals surface area contributed by atoms with Crippen molar-refractivity contribution in [1.29, 1.82) is 0 Å². The van der Waals surface area contributed by atoms with Crippen LogP contribution in [0.2, 0.25) is 0 Å². The lowest BCUT2D eigenvalue weighted by Gasteiger charge is -1.95. The van der Waals surface area contributed by atoms with Crippen LogP contribution in [0, 0.1) is 0 Å². The average molecular weight is 222 g/mol. The quantitative estimate of drug-likeness (QED) is 0.607. The van der Waals surface area contributed by atoms with Gasteiger partial charge in [-0.05, 0) is 30.0 Å². The highest BCUT2D eigenvalue weighted by Gasteiger charge is 2.05. The number of hydrogen-bond donors (Lipinski definition) is 1. The first-order valence-corrected chi connectivity index (χ1v) is 5.71. The highest BCUT2D eigenvalue weighted by Crippen LogP contribution is 2.31. The summed E-state index contributed by atoms with van der Waals surface area (Å²) in [7, 11) is 0. The van der Waals surface area contributed by atoms with Crippen molar-refractivity contribution in [2.24, 2.45) is 0 Å². The summed E-state index contributed by atoms with van der Waals surface area (Å²) in [6.07, 6.45) is 1.89. The molecule has 0 atom stereocenters. The standard InChI is InChI=1S/C11H10OS2/c1-2-9-5-8-3-7(6-12)4-10(13)11(8)14-9/h3-6,13H,2H2,1H3. The molecule has 0 fully saturated rings. The molecule has 0 N–H and O–H groups in total. The number of aryl methyl sites for hydroxylation is 1. The second kappa shape index (κ2) is 3.75. The Morgan fingerprint density at radius 3 is 2.86 bits per heavy atom. The van der Waals surface area contributed by atoms with Gasteiger partial charge in [-0.1, -0.05) is 6.92 Å². The monoisotopic (exact) mass is 222 g/mol. The van der Waals surface area contributed by atoms with Crippen molar-refractivity contribution in [2.75, 3.05) is 0 Å². The summed E-state index contributed by atoms with van der Waals surface area (Å²) in [4.78, 5) is 12.9. The van der Waals surface area contributed by atoms with Gasteiger partial charge in [0.1, 0.15) is 6.29 Å². The number of rotatable bonds is 2. The van der Waals surface area contributed by atoms with Gasteiger partial charge in [-0.2, -0.15) is 0 Å². The molecule has 0 saturated heterocycles. The van der Waals surface area contributed by atoms with Crippen molar-refractivity contribution in [3.8, 4) is 0 Å². The van der Waals surface area contributed by atoms with Crippen LogP contribution in [0.3, 0.4) is 0 Å². The Hall–Kier alpha value is -0.800. The van der Waals surface area contributed by atoms with E-state index in [1.54, 1.807) is 11.3 Å². The van der Waals surface area contributed by atoms with Crippen molar-refractivity contribution >= 4 is 40.3 Å². The lowest BCUT2D eigenvalue weighted by molar-refractivity contribution is 0.112. The van der Waals surface area contributed by atoms with Crippen molar-refractivity contribution in [3.05, 3.63) is 28.6 Å². The fourth-order valence-corrected chi connectivity index (χ4v) is 2.86. The van der Waals surface area contributed by atoms with Gasteiger partial charge in [0, 0.05) is 20.0 Å². The summed E-state index contributed by atoms with van der Waals surface area (Å²) in [5, 5.41) is 1.13. The van der Waals surface area contributed by atoms with Gasteiger partial charge >= 0.3 is 0 Å². The lowest BCUT2D eigenvalue weighted by Crippen LogP contribution is -1.78. The number of fused-ring (bicyclic) bond motifs is 1. The molecule has 3 heteroatoms. The Kier molecular flexibility index (Phi) is 2.61. The highest BCUT2D eigenvalue weighted by atomic mass is 32.1. The van der Waals surface area contributed by atoms with Crippen LogP contribution in [0.4, 0.5) is 0 Å². The molecule has 0 radical (unpaired) electrons. The minimum Gasteiger partial charge on any atom is -0.298 e. The summed E-state index contributed by atoms with van der Waals surface area (Å²) in [5.41, 5.74) is 0.697. The van der Waals surface area contributed by atoms with E-state index >= 15 is 0 Å². The first kappa shape index (κ1) is 9.74. The van der Waals surface area contributed by atoms with Gasteiger partial charge in [-0.25, -0.2) is 0 Å². The fraction of sp³-hybridized carbons (Fsp3) is 0.182. The second-order valence-corrected chi connectivity index (χ2v) is 4.76. The van der Waals surface area contributed by atoms with Crippen LogP contribution in [0.1, 0.15) is 22.2 Å². The molecule has 0 spiro atoms. The minimum absolute atomic E-state index is 0.697. The van der Waals surface area contributed by atoms with E-state index in [1.165, 1.54) is 9.58 Å². The van der Waals surface area contributed by atoms with Gasteiger partial charge in [0.15, 0.2) is 0 Å². The Labute approximate surface area is 92.2 Å². The second-order valence-electron chi connectivity index (χ2n) is 3.14. The molecule has 0 aliphatic heterocycles. The van der Waals surface area contributed by atoms with Gasteiger partial charge in [-0.3, -0.25) is 4.79 Å². The van der Waals surface area contributed by atoms with Crippen LogP contribution >= 0.6 is 24.0 Å². The van der Waals surface area contributed by atoms with E-state index in [-0.39, 0.29) is 0 Å². The Balaban J connectivity index is 2.73. The van der Waals surface area contributed by atoms with Crippen LogP contribution in [0.5, 0.6) is 0 Å². The molecule has 2 rings (SSSR count). The van der Waals surface area contributed by atoms with Crippen molar-refractivity contribution < 1.29 is 4.79 Å². The summed E-state index contributed by atoms with van der Waals surface area (Å²) in [5.74, 6) is 0. The normalized spacial score (nSPS) is 10.7. The van der Waals surface area contributed by atoms with Crippen molar-refractivity contribution in [1.82, 2.24) is 0 Å². The summed E-state index contributed by atoms with van der Waals surface area (Å²) < 4.78 is 1.18. The van der Waals surface area contributed by atoms with Crippen molar-refractivity contribution in [2.45, 2.75) is 18.2 Å². The summed E-state index contributed by atoms with van der Waals surface area (Å²) in [6.45, 7) is 2.13. The maximum atomic E-state index is 10.6. The molecule has 0 unspecified atom stereocenters. The van der Waals surface area contributed by atoms with E-state index < -0.39 is 0 Å². The van der Waals surface area contributed by atoms with E-state index in [4.69, 9.17) is 0 Å². The third-order valence-corrected chi connectivity index (χ3v) is 3.99. The number of carbonyl (C=O) groups is 1. The Bertz CT molecular complexity index is 485. The molecule has 1 aromatic carbocycles. The molecular formula is C11H10OS2. The predicted molar refractivity (Wildman–Crippen MR) is 63.8 cm³/mol. The van der Waals surface area contributed by atoms with Crippen LogP contribution in [-0.4, -0.2) is 6.29 Å². The topological polar surface area (TPSA) is 17.1 Å². The molecule has 0 amide bonds. The van der Waals surface area contributed by atoms with Crippen LogP contribution in [0.25, 0.3) is 10.1 Å². The molecule has 0 aliphatic carbocycles. The molecule has 1 nitrogen and oxygen atoms in total. The number of hydrogen-bond acceptors (Lipinski definition) is 3. The molecule has 0 saturated carbocycles. The first-order valence-electron chi connectivity index (χ1n) is 4.45. The summed E-state index contributed by atoms with van der Waals surface area (Å²) >= 11 is 6.13. The fourth-order valence-electron chi connectivity index (χ4n) is 1.45. The number of thiol groups is 1. The predicted octanol–water partition coefficient (Wildman–Crippen LogP) is 3.56. The lowest BCUT2D eigenvalue weighted by atomic mass is 10.2. The van der Waals surface area contributed by atoms with E-state index in [0.717, 1.165) is 23.0 Å². The van der Waals surface area contributed by atoms with Gasteiger partial charge in [-0.15, -0.1) is 24.0 Å². The smallest absolute Gasteiger partial charge is 0.150 e. The number of aldehydes is 1. The van der Waals surface area contributed by atoms with Gasteiger partial charge < -0.3 is 0 Å². The summed E-state index contributed by atoms with van der Waals surface area (Å²) in [6, 6.07) is 5.86. The average Bonchev–Trinajstić information content (AvgIpc) is 2.61. The van der Waals surface area contributed by atoms with Crippen LogP contribution in [0.15, 0.2) is 23.1 Å². The molecule has 0 aliphatic rings. The van der Waals surface area contributed by atoms with E-state index in [0.29, 0.717) is 5.56 Å². The number of thiophene rings is 1. The van der Waals surface area contributed by atoms with Gasteiger partial charge in [0.05, 0.1) is 0 Å². The van der Waals surface area contributed by atoms with E-state index in [2.05, 4.69) is 25.6 Å².